The highest BCUT2D eigenvalue weighted by Crippen LogP contribution is 2.14. The molecule has 0 aromatic carbocycles. The topological polar surface area (TPSA) is 61.4 Å². The van der Waals surface area contributed by atoms with Gasteiger partial charge in [0.1, 0.15) is 0 Å². The molecule has 0 aromatic heterocycles. The van der Waals surface area contributed by atoms with Gasteiger partial charge in [0.15, 0.2) is 0 Å². The summed E-state index contributed by atoms with van der Waals surface area (Å²) in [6, 6.07) is 0. The molecule has 0 unspecified atom stereocenters. The zero-order valence-electron chi connectivity index (χ0n) is 13.1. The first kappa shape index (κ1) is 18.8. The first-order valence-corrected chi connectivity index (χ1v) is 8.66. The maximum atomic E-state index is 11.9. The lowest BCUT2D eigenvalue weighted by Gasteiger charge is -2.28. The number of unbranched alkanes of at least 4 members (excludes halogenated alkanes) is 1. The molecule has 0 aromatic rings. The Morgan fingerprint density at radius 1 is 1.16 bits per heavy atom. The summed E-state index contributed by atoms with van der Waals surface area (Å²) in [7, 11) is 0.860. The van der Waals surface area contributed by atoms with E-state index in [1.165, 1.54) is 0 Å². The van der Waals surface area contributed by atoms with Crippen LogP contribution in [-0.2, 0) is 10.0 Å². The van der Waals surface area contributed by atoms with Crippen LogP contribution in [0.4, 0.5) is 0 Å². The maximum Gasteiger partial charge on any atom is 0.211 e. The van der Waals surface area contributed by atoms with Gasteiger partial charge in [-0.05, 0) is 45.4 Å². The van der Waals surface area contributed by atoms with Gasteiger partial charge in [0.05, 0.1) is 5.75 Å². The second-order valence-electron chi connectivity index (χ2n) is 6.10. The molecule has 19 heavy (non-hydrogen) atoms. The summed E-state index contributed by atoms with van der Waals surface area (Å²) in [5.41, 5.74) is -0.0552. The molecule has 0 radical (unpaired) electrons. The Kier molecular flexibility index (Phi) is 8.81. The van der Waals surface area contributed by atoms with E-state index in [9.17, 15) is 8.42 Å². The van der Waals surface area contributed by atoms with Gasteiger partial charge in [0, 0.05) is 13.1 Å². The molecule has 0 amide bonds. The van der Waals surface area contributed by atoms with E-state index in [0.717, 1.165) is 26.1 Å². The average molecular weight is 293 g/mol. The fourth-order valence-electron chi connectivity index (χ4n) is 2.01. The highest BCUT2D eigenvalue weighted by atomic mass is 32.2. The fraction of sp³-hybridized carbons (Fsp3) is 1.00. The number of sulfonamides is 1. The molecule has 0 saturated carbocycles. The van der Waals surface area contributed by atoms with Crippen LogP contribution in [0.2, 0.25) is 0 Å². The maximum absolute atomic E-state index is 11.9. The third-order valence-corrected chi connectivity index (χ3v) is 4.19. The van der Waals surface area contributed by atoms with Crippen LogP contribution in [0.1, 0.15) is 33.6 Å². The molecule has 0 fully saturated rings. The van der Waals surface area contributed by atoms with Crippen LogP contribution < -0.4 is 10.0 Å². The summed E-state index contributed by atoms with van der Waals surface area (Å²) in [4.78, 5) is 2.07. The second-order valence-corrected chi connectivity index (χ2v) is 8.03. The number of nitrogens with one attached hydrogen (secondary N) is 2. The third-order valence-electron chi connectivity index (χ3n) is 2.78. The standard InChI is InChI=1S/C13H31N3O2S/c1-6-14-9-7-8-10-19(17,18)15-11-13(2,3)12-16(4)5/h14-15H,6-12H2,1-5H3. The molecule has 5 nitrogen and oxygen atoms in total. The normalized spacial score (nSPS) is 13.2. The van der Waals surface area contributed by atoms with Gasteiger partial charge in [-0.1, -0.05) is 20.8 Å². The van der Waals surface area contributed by atoms with Gasteiger partial charge in [0.2, 0.25) is 10.0 Å². The fourth-order valence-corrected chi connectivity index (χ4v) is 3.35. The monoisotopic (exact) mass is 293 g/mol. The Morgan fingerprint density at radius 3 is 2.32 bits per heavy atom. The van der Waals surface area contributed by atoms with Crippen molar-refractivity contribution in [2.24, 2.45) is 5.41 Å². The van der Waals surface area contributed by atoms with Crippen LogP contribution in [0.25, 0.3) is 0 Å². The first-order chi connectivity index (χ1) is 8.68. The third kappa shape index (κ3) is 11.4. The number of hydrogen-bond acceptors (Lipinski definition) is 4. The van der Waals surface area contributed by atoms with Crippen molar-refractivity contribution in [3.8, 4) is 0 Å². The largest absolute Gasteiger partial charge is 0.317 e. The Bertz CT molecular complexity index is 327. The Balaban J connectivity index is 3.96. The predicted molar refractivity (Wildman–Crippen MR) is 81.9 cm³/mol. The van der Waals surface area contributed by atoms with Gasteiger partial charge in [0.25, 0.3) is 0 Å². The van der Waals surface area contributed by atoms with Gasteiger partial charge in [-0.15, -0.1) is 0 Å². The molecule has 0 heterocycles. The van der Waals surface area contributed by atoms with E-state index in [1.54, 1.807) is 0 Å². The molecular weight excluding hydrogens is 262 g/mol. The van der Waals surface area contributed by atoms with Crippen molar-refractivity contribution in [3.05, 3.63) is 0 Å². The molecule has 0 bridgehead atoms. The van der Waals surface area contributed by atoms with Gasteiger partial charge in [-0.25, -0.2) is 13.1 Å². The number of hydrogen-bond donors (Lipinski definition) is 2. The molecule has 0 rings (SSSR count). The van der Waals surface area contributed by atoms with Crippen LogP contribution in [0, 0.1) is 5.41 Å². The predicted octanol–water partition coefficient (Wildman–Crippen LogP) is 0.883. The van der Waals surface area contributed by atoms with E-state index in [1.807, 2.05) is 21.0 Å². The van der Waals surface area contributed by atoms with Crippen molar-refractivity contribution >= 4 is 10.0 Å². The Hall–Kier alpha value is -0.170. The highest BCUT2D eigenvalue weighted by Gasteiger charge is 2.21. The number of nitrogens with zero attached hydrogens (tertiary/aromatic N) is 1. The zero-order valence-corrected chi connectivity index (χ0v) is 13.9. The second kappa shape index (κ2) is 8.89. The summed E-state index contributed by atoms with van der Waals surface area (Å²) >= 11 is 0. The molecular formula is C13H31N3O2S. The van der Waals surface area contributed by atoms with Crippen molar-refractivity contribution in [2.45, 2.75) is 33.6 Å². The summed E-state index contributed by atoms with van der Waals surface area (Å²) < 4.78 is 26.4. The summed E-state index contributed by atoms with van der Waals surface area (Å²) in [5.74, 6) is 0.219. The van der Waals surface area contributed by atoms with Crippen LogP contribution in [0.3, 0.4) is 0 Å². The minimum Gasteiger partial charge on any atom is -0.317 e. The van der Waals surface area contributed by atoms with Crippen molar-refractivity contribution in [1.82, 2.24) is 14.9 Å². The molecule has 6 heteroatoms. The average Bonchev–Trinajstić information content (AvgIpc) is 2.25. The number of rotatable bonds is 11. The van der Waals surface area contributed by atoms with Gasteiger partial charge < -0.3 is 10.2 Å². The summed E-state index contributed by atoms with van der Waals surface area (Å²) in [5, 5.41) is 3.19. The van der Waals surface area contributed by atoms with Crippen LogP contribution in [-0.4, -0.2) is 59.3 Å². The van der Waals surface area contributed by atoms with Crippen LogP contribution >= 0.6 is 0 Å². The zero-order chi connectivity index (χ0) is 14.9. The Morgan fingerprint density at radius 2 is 1.79 bits per heavy atom. The first-order valence-electron chi connectivity index (χ1n) is 7.01. The van der Waals surface area contributed by atoms with E-state index >= 15 is 0 Å². The SMILES string of the molecule is CCNCCCCS(=O)(=O)NCC(C)(C)CN(C)C. The molecule has 0 spiro atoms. The highest BCUT2D eigenvalue weighted by molar-refractivity contribution is 7.89. The van der Waals surface area contributed by atoms with Crippen LogP contribution in [0.15, 0.2) is 0 Å². The van der Waals surface area contributed by atoms with E-state index in [2.05, 4.69) is 28.8 Å². The molecule has 0 aliphatic rings. The Labute approximate surface area is 119 Å². The van der Waals surface area contributed by atoms with E-state index < -0.39 is 10.0 Å². The van der Waals surface area contributed by atoms with Gasteiger partial charge >= 0.3 is 0 Å². The lowest BCUT2D eigenvalue weighted by Crippen LogP contribution is -2.40. The van der Waals surface area contributed by atoms with E-state index in [-0.39, 0.29) is 11.2 Å². The lowest BCUT2D eigenvalue weighted by atomic mass is 9.93. The molecule has 0 atom stereocenters. The smallest absolute Gasteiger partial charge is 0.211 e. The molecule has 0 saturated heterocycles. The lowest BCUT2D eigenvalue weighted by molar-refractivity contribution is 0.242. The quantitative estimate of drug-likeness (QED) is 0.555. The summed E-state index contributed by atoms with van der Waals surface area (Å²) in [6.45, 7) is 9.35. The van der Waals surface area contributed by atoms with E-state index in [4.69, 9.17) is 0 Å². The summed E-state index contributed by atoms with van der Waals surface area (Å²) in [6.07, 6.45) is 1.60. The van der Waals surface area contributed by atoms with E-state index in [0.29, 0.717) is 13.0 Å². The van der Waals surface area contributed by atoms with Crippen LogP contribution in [0.5, 0.6) is 0 Å². The van der Waals surface area contributed by atoms with Crippen molar-refractivity contribution in [3.63, 3.8) is 0 Å². The molecule has 0 aliphatic carbocycles. The van der Waals surface area contributed by atoms with Crippen molar-refractivity contribution in [2.75, 3.05) is 46.0 Å². The van der Waals surface area contributed by atoms with Crippen molar-refractivity contribution < 1.29 is 8.42 Å². The van der Waals surface area contributed by atoms with Gasteiger partial charge in [-0.2, -0.15) is 0 Å². The van der Waals surface area contributed by atoms with Gasteiger partial charge in [-0.3, -0.25) is 0 Å². The minimum atomic E-state index is -3.13. The molecule has 2 N–H and O–H groups in total. The molecule has 0 aliphatic heterocycles. The minimum absolute atomic E-state index is 0.0552. The molecule has 116 valence electrons. The van der Waals surface area contributed by atoms with Crippen molar-refractivity contribution in [1.29, 1.82) is 0 Å².